The van der Waals surface area contributed by atoms with Crippen molar-refractivity contribution in [2.24, 2.45) is 0 Å². The molecule has 0 amide bonds. The molecule has 0 saturated heterocycles. The van der Waals surface area contributed by atoms with Crippen molar-refractivity contribution in [3.05, 3.63) is 95.6 Å². The van der Waals surface area contributed by atoms with Gasteiger partial charge in [0.2, 0.25) is 0 Å². The first-order valence-electron chi connectivity index (χ1n) is 7.77. The average Bonchev–Trinajstić information content (AvgIpc) is 2.66. The van der Waals surface area contributed by atoms with Gasteiger partial charge in [0.15, 0.2) is 0 Å². The zero-order chi connectivity index (χ0) is 16.6. The molecule has 24 heavy (non-hydrogen) atoms. The van der Waals surface area contributed by atoms with Crippen molar-refractivity contribution in [2.45, 2.75) is 5.32 Å². The molecule has 3 rings (SSSR count). The molecule has 1 nitrogen and oxygen atoms in total. The van der Waals surface area contributed by atoms with Crippen LogP contribution in [0.4, 0.5) is 0 Å². The minimum atomic E-state index is 0.358. The zero-order valence-corrected chi connectivity index (χ0v) is 15.2. The maximum atomic E-state index is 5.21. The molecule has 0 bridgehead atoms. The molecule has 0 aliphatic carbocycles. The number of benzene rings is 3. The fraction of sp³-hybridized carbons (Fsp3) is 0.0909. The molecular formula is C22H18OSe. The molecule has 0 aliphatic heterocycles. The van der Waals surface area contributed by atoms with E-state index < -0.39 is 0 Å². The van der Waals surface area contributed by atoms with Crippen LogP contribution < -0.4 is 9.20 Å². The molecule has 0 aromatic heterocycles. The summed E-state index contributed by atoms with van der Waals surface area (Å²) < 4.78 is 6.56. The third-order valence-electron chi connectivity index (χ3n) is 3.56. The third-order valence-corrected chi connectivity index (χ3v) is 5.96. The van der Waals surface area contributed by atoms with Gasteiger partial charge in [-0.15, -0.1) is 0 Å². The molecule has 0 fully saturated rings. The van der Waals surface area contributed by atoms with Crippen LogP contribution >= 0.6 is 0 Å². The van der Waals surface area contributed by atoms with Gasteiger partial charge in [-0.2, -0.15) is 0 Å². The molecule has 0 atom stereocenters. The topological polar surface area (TPSA) is 9.23 Å². The molecule has 0 N–H and O–H groups in total. The third kappa shape index (κ3) is 4.52. The Kier molecular flexibility index (Phi) is 5.75. The van der Waals surface area contributed by atoms with Crippen LogP contribution in [0.25, 0.3) is 0 Å². The van der Waals surface area contributed by atoms with Gasteiger partial charge in [0.25, 0.3) is 0 Å². The number of rotatable bonds is 4. The Hall–Kier alpha value is -2.46. The van der Waals surface area contributed by atoms with Gasteiger partial charge in [0, 0.05) is 0 Å². The predicted molar refractivity (Wildman–Crippen MR) is 101 cm³/mol. The standard InChI is InChI=1S/C22H18OSe/c1-23-21-15-12-19(13-16-21)17-24-22-10-6-5-9-20(22)14-11-18-7-3-2-4-8-18/h2-10,12-13,15-16H,17H2,1H3. The first kappa shape index (κ1) is 16.4. The molecule has 0 saturated carbocycles. The second-order valence-electron chi connectivity index (χ2n) is 5.25. The van der Waals surface area contributed by atoms with Gasteiger partial charge in [0.1, 0.15) is 0 Å². The van der Waals surface area contributed by atoms with Gasteiger partial charge < -0.3 is 0 Å². The molecule has 0 heterocycles. The summed E-state index contributed by atoms with van der Waals surface area (Å²) >= 11 is 0.358. The van der Waals surface area contributed by atoms with Crippen LogP contribution in [0, 0.1) is 11.8 Å². The van der Waals surface area contributed by atoms with Gasteiger partial charge in [-0.1, -0.05) is 0 Å². The van der Waals surface area contributed by atoms with Gasteiger partial charge in [0.05, 0.1) is 0 Å². The van der Waals surface area contributed by atoms with E-state index in [-0.39, 0.29) is 0 Å². The maximum absolute atomic E-state index is 5.21. The summed E-state index contributed by atoms with van der Waals surface area (Å²) in [6, 6.07) is 26.9. The Labute approximate surface area is 149 Å². The molecular weight excluding hydrogens is 359 g/mol. The van der Waals surface area contributed by atoms with E-state index in [2.05, 4.69) is 48.2 Å². The monoisotopic (exact) mass is 378 g/mol. The summed E-state index contributed by atoms with van der Waals surface area (Å²) in [5.74, 6) is 7.49. The first-order valence-corrected chi connectivity index (χ1v) is 9.84. The Morgan fingerprint density at radius 2 is 1.50 bits per heavy atom. The van der Waals surface area contributed by atoms with Crippen molar-refractivity contribution in [1.29, 1.82) is 0 Å². The Bertz CT molecular complexity index is 842. The van der Waals surface area contributed by atoms with Crippen molar-refractivity contribution in [3.63, 3.8) is 0 Å². The van der Waals surface area contributed by atoms with Gasteiger partial charge in [-0.3, -0.25) is 0 Å². The minimum absolute atomic E-state index is 0.358. The van der Waals surface area contributed by atoms with Crippen LogP contribution in [0.3, 0.4) is 0 Å². The molecule has 2 heteroatoms. The molecule has 118 valence electrons. The van der Waals surface area contributed by atoms with Crippen molar-refractivity contribution < 1.29 is 4.74 Å². The summed E-state index contributed by atoms with van der Waals surface area (Å²) in [5.41, 5.74) is 3.52. The van der Waals surface area contributed by atoms with Crippen LogP contribution in [-0.2, 0) is 5.32 Å². The van der Waals surface area contributed by atoms with Crippen molar-refractivity contribution in [3.8, 4) is 17.6 Å². The molecule has 0 aliphatic rings. The Morgan fingerprint density at radius 1 is 0.792 bits per heavy atom. The molecule has 3 aromatic carbocycles. The van der Waals surface area contributed by atoms with E-state index in [9.17, 15) is 0 Å². The summed E-state index contributed by atoms with van der Waals surface area (Å²) in [6.07, 6.45) is 0. The Morgan fingerprint density at radius 3 is 2.25 bits per heavy atom. The van der Waals surface area contributed by atoms with E-state index in [0.717, 1.165) is 22.2 Å². The zero-order valence-electron chi connectivity index (χ0n) is 13.5. The number of ether oxygens (including phenoxy) is 1. The second-order valence-corrected chi connectivity index (χ2v) is 7.38. The van der Waals surface area contributed by atoms with Gasteiger partial charge in [-0.25, -0.2) is 0 Å². The molecule has 0 unspecified atom stereocenters. The van der Waals surface area contributed by atoms with Crippen LogP contribution in [0.15, 0.2) is 78.9 Å². The Balaban J connectivity index is 1.73. The molecule has 3 aromatic rings. The fourth-order valence-electron chi connectivity index (χ4n) is 2.24. The van der Waals surface area contributed by atoms with Crippen LogP contribution in [-0.4, -0.2) is 22.1 Å². The SMILES string of the molecule is COc1ccc(C[Se]c2ccccc2C#Cc2ccccc2)cc1. The fourth-order valence-corrected chi connectivity index (χ4v) is 4.26. The van der Waals surface area contributed by atoms with E-state index >= 15 is 0 Å². The summed E-state index contributed by atoms with van der Waals surface area (Å²) in [5, 5.41) is 1.06. The number of hydrogen-bond acceptors (Lipinski definition) is 1. The summed E-state index contributed by atoms with van der Waals surface area (Å²) in [6.45, 7) is 0. The normalized spacial score (nSPS) is 9.88. The second kappa shape index (κ2) is 8.41. The van der Waals surface area contributed by atoms with Crippen molar-refractivity contribution >= 4 is 19.4 Å². The molecule has 0 spiro atoms. The number of methoxy groups -OCH3 is 1. The van der Waals surface area contributed by atoms with E-state index in [1.54, 1.807) is 7.11 Å². The van der Waals surface area contributed by atoms with Crippen LogP contribution in [0.5, 0.6) is 5.75 Å². The van der Waals surface area contributed by atoms with Gasteiger partial charge >= 0.3 is 150 Å². The van der Waals surface area contributed by atoms with Crippen LogP contribution in [0.2, 0.25) is 0 Å². The predicted octanol–water partition coefficient (Wildman–Crippen LogP) is 3.62. The van der Waals surface area contributed by atoms with E-state index in [1.807, 2.05) is 42.5 Å². The molecule has 0 radical (unpaired) electrons. The van der Waals surface area contributed by atoms with E-state index in [1.165, 1.54) is 10.0 Å². The first-order chi connectivity index (χ1) is 11.8. The summed E-state index contributed by atoms with van der Waals surface area (Å²) in [7, 11) is 1.70. The van der Waals surface area contributed by atoms with Crippen molar-refractivity contribution in [2.75, 3.05) is 7.11 Å². The van der Waals surface area contributed by atoms with E-state index in [4.69, 9.17) is 4.74 Å². The van der Waals surface area contributed by atoms with E-state index in [0.29, 0.717) is 15.0 Å². The van der Waals surface area contributed by atoms with Crippen LogP contribution in [0.1, 0.15) is 16.7 Å². The quantitative estimate of drug-likeness (QED) is 0.499. The summed E-state index contributed by atoms with van der Waals surface area (Å²) in [4.78, 5) is 0. The van der Waals surface area contributed by atoms with Crippen molar-refractivity contribution in [1.82, 2.24) is 0 Å². The average molecular weight is 377 g/mol. The number of hydrogen-bond donors (Lipinski definition) is 0. The van der Waals surface area contributed by atoms with Gasteiger partial charge in [-0.05, 0) is 0 Å².